The number of hydrogen-bond donors (Lipinski definition) is 2. The lowest BCUT2D eigenvalue weighted by molar-refractivity contribution is -0.410. The van der Waals surface area contributed by atoms with Crippen molar-refractivity contribution >= 4 is 29.2 Å². The Balaban J connectivity index is 2.21. The van der Waals surface area contributed by atoms with Gasteiger partial charge in [0.25, 0.3) is 5.82 Å². The van der Waals surface area contributed by atoms with Gasteiger partial charge < -0.3 is 10.1 Å². The highest BCUT2D eigenvalue weighted by Crippen LogP contribution is 2.28. The van der Waals surface area contributed by atoms with Gasteiger partial charge in [-0.3, -0.25) is 10.5 Å². The Bertz CT molecular complexity index is 930. The fraction of sp³-hybridized carbons (Fsp3) is 0.222. The van der Waals surface area contributed by atoms with Gasteiger partial charge in [0.2, 0.25) is 5.91 Å². The standard InChI is InChI=1S/C18H17N5O2S/c1-10-4-5-15(25-3)14(6-10)22-17(24)11(2)26-18-13(9-20)7-12(8-19)16(21)23-18/h4-7,11H,1-3H3,(H2,21,23)(H,22,24)/p+1/t11-/m1/s1. The molecule has 7 nitrogen and oxygen atoms in total. The van der Waals surface area contributed by atoms with Crippen molar-refractivity contribution < 1.29 is 14.5 Å². The van der Waals surface area contributed by atoms with Gasteiger partial charge in [0, 0.05) is 0 Å². The fourth-order valence-electron chi connectivity index (χ4n) is 2.20. The molecule has 0 radical (unpaired) electrons. The van der Waals surface area contributed by atoms with Gasteiger partial charge in [-0.05, 0) is 37.6 Å². The van der Waals surface area contributed by atoms with Crippen LogP contribution in [-0.4, -0.2) is 18.3 Å². The Morgan fingerprint density at radius 2 is 2.00 bits per heavy atom. The predicted molar refractivity (Wildman–Crippen MR) is 98.5 cm³/mol. The lowest BCUT2D eigenvalue weighted by Crippen LogP contribution is -2.25. The van der Waals surface area contributed by atoms with Gasteiger partial charge in [0.05, 0.1) is 18.0 Å². The average Bonchev–Trinajstić information content (AvgIpc) is 2.62. The number of methoxy groups -OCH3 is 1. The minimum absolute atomic E-state index is 0.155. The van der Waals surface area contributed by atoms with Gasteiger partial charge in [0.15, 0.2) is 5.03 Å². The highest BCUT2D eigenvalue weighted by atomic mass is 32.2. The number of carbonyl (C=O) groups is 1. The lowest BCUT2D eigenvalue weighted by atomic mass is 10.2. The molecule has 1 amide bonds. The van der Waals surface area contributed by atoms with Crippen molar-refractivity contribution in [2.75, 3.05) is 18.2 Å². The number of benzene rings is 1. The summed E-state index contributed by atoms with van der Waals surface area (Å²) in [6.07, 6.45) is 0. The molecule has 26 heavy (non-hydrogen) atoms. The van der Waals surface area contributed by atoms with E-state index in [1.165, 1.54) is 13.2 Å². The second-order valence-electron chi connectivity index (χ2n) is 5.52. The Morgan fingerprint density at radius 3 is 2.62 bits per heavy atom. The molecule has 0 saturated carbocycles. The van der Waals surface area contributed by atoms with Gasteiger partial charge in [-0.25, -0.2) is 4.98 Å². The monoisotopic (exact) mass is 368 g/mol. The fourth-order valence-corrected chi connectivity index (χ4v) is 3.12. The predicted octanol–water partition coefficient (Wildman–Crippen LogP) is 2.26. The zero-order chi connectivity index (χ0) is 19.3. The van der Waals surface area contributed by atoms with E-state index in [-0.39, 0.29) is 22.9 Å². The van der Waals surface area contributed by atoms with E-state index in [2.05, 4.69) is 10.3 Å². The maximum atomic E-state index is 12.5. The van der Waals surface area contributed by atoms with E-state index in [0.29, 0.717) is 16.5 Å². The van der Waals surface area contributed by atoms with Crippen molar-refractivity contribution in [2.45, 2.75) is 24.1 Å². The summed E-state index contributed by atoms with van der Waals surface area (Å²) in [4.78, 5) is 15.4. The van der Waals surface area contributed by atoms with Crippen LogP contribution in [0.5, 0.6) is 5.75 Å². The number of ether oxygens (including phenoxy) is 1. The molecule has 1 aromatic heterocycles. The number of anilines is 2. The number of aromatic amines is 1. The molecule has 0 saturated heterocycles. The molecule has 1 atom stereocenters. The number of nitrogens with zero attached hydrogens (tertiary/aromatic N) is 2. The van der Waals surface area contributed by atoms with Crippen LogP contribution in [0.25, 0.3) is 0 Å². The number of nitriles is 2. The van der Waals surface area contributed by atoms with Gasteiger partial charge in [0.1, 0.15) is 29.0 Å². The van der Waals surface area contributed by atoms with E-state index < -0.39 is 5.25 Å². The molecule has 0 aliphatic heterocycles. The Kier molecular flexibility index (Phi) is 6.05. The molecule has 1 heterocycles. The van der Waals surface area contributed by atoms with Gasteiger partial charge in [-0.2, -0.15) is 10.5 Å². The van der Waals surface area contributed by atoms with E-state index in [0.717, 1.165) is 17.3 Å². The third-order valence-corrected chi connectivity index (χ3v) is 4.71. The number of rotatable bonds is 5. The average molecular weight is 368 g/mol. The first kappa shape index (κ1) is 19.1. The van der Waals surface area contributed by atoms with Crippen molar-refractivity contribution in [3.63, 3.8) is 0 Å². The molecule has 0 bridgehead atoms. The molecule has 0 aliphatic carbocycles. The first-order valence-corrected chi connectivity index (χ1v) is 8.55. The number of aryl methyl sites for hydroxylation is 1. The topological polar surface area (TPSA) is 126 Å². The van der Waals surface area contributed by atoms with Crippen molar-refractivity contribution in [3.05, 3.63) is 41.0 Å². The van der Waals surface area contributed by atoms with Crippen LogP contribution in [0.4, 0.5) is 11.5 Å². The largest absolute Gasteiger partial charge is 0.495 e. The number of nitrogens with two attached hydrogens (primary N) is 1. The number of amides is 1. The van der Waals surface area contributed by atoms with Crippen molar-refractivity contribution in [3.8, 4) is 17.9 Å². The second kappa shape index (κ2) is 8.24. The van der Waals surface area contributed by atoms with E-state index in [1.54, 1.807) is 13.0 Å². The molecule has 8 heteroatoms. The highest BCUT2D eigenvalue weighted by Gasteiger charge is 2.22. The Labute approximate surface area is 155 Å². The number of nitrogen functional groups attached to an aromatic ring is 1. The summed E-state index contributed by atoms with van der Waals surface area (Å²) >= 11 is 1.15. The molecule has 2 aromatic rings. The van der Waals surface area contributed by atoms with Crippen molar-refractivity contribution in [1.82, 2.24) is 0 Å². The number of nitrogens with one attached hydrogen (secondary N) is 2. The Morgan fingerprint density at radius 1 is 1.31 bits per heavy atom. The van der Waals surface area contributed by atoms with Crippen molar-refractivity contribution in [1.29, 1.82) is 10.5 Å². The van der Waals surface area contributed by atoms with E-state index in [9.17, 15) is 10.1 Å². The van der Waals surface area contributed by atoms with Crippen LogP contribution in [0.1, 0.15) is 23.6 Å². The molecule has 132 valence electrons. The van der Waals surface area contributed by atoms with Gasteiger partial charge in [-0.1, -0.05) is 17.8 Å². The molecular weight excluding hydrogens is 350 g/mol. The van der Waals surface area contributed by atoms with Crippen LogP contribution < -0.4 is 20.8 Å². The summed E-state index contributed by atoms with van der Waals surface area (Å²) in [5, 5.41) is 21.0. The zero-order valence-corrected chi connectivity index (χ0v) is 15.4. The number of aromatic nitrogens is 1. The van der Waals surface area contributed by atoms with Crippen LogP contribution in [0.3, 0.4) is 0 Å². The highest BCUT2D eigenvalue weighted by molar-refractivity contribution is 8.00. The Hall–Kier alpha value is -3.23. The van der Waals surface area contributed by atoms with Crippen LogP contribution in [0.15, 0.2) is 29.3 Å². The second-order valence-corrected chi connectivity index (χ2v) is 6.87. The molecule has 4 N–H and O–H groups in total. The summed E-state index contributed by atoms with van der Waals surface area (Å²) in [6, 6.07) is 10.8. The number of thioether (sulfide) groups is 1. The molecule has 0 aliphatic rings. The summed E-state index contributed by atoms with van der Waals surface area (Å²) in [5.41, 5.74) is 7.78. The number of carbonyl (C=O) groups excluding carboxylic acids is 1. The lowest BCUT2D eigenvalue weighted by Gasteiger charge is -2.14. The third-order valence-electron chi connectivity index (χ3n) is 3.59. The molecule has 2 rings (SSSR count). The van der Waals surface area contributed by atoms with Crippen LogP contribution >= 0.6 is 11.8 Å². The number of hydrogen-bond acceptors (Lipinski definition) is 6. The van der Waals surface area contributed by atoms with Crippen molar-refractivity contribution in [2.24, 2.45) is 0 Å². The summed E-state index contributed by atoms with van der Waals surface area (Å²) in [6.45, 7) is 3.63. The van der Waals surface area contributed by atoms with E-state index in [1.807, 2.05) is 31.2 Å². The molecule has 0 fully saturated rings. The quantitative estimate of drug-likeness (QED) is 0.780. The van der Waals surface area contributed by atoms with Crippen LogP contribution in [0.2, 0.25) is 0 Å². The van der Waals surface area contributed by atoms with Crippen LogP contribution in [0, 0.1) is 29.6 Å². The smallest absolute Gasteiger partial charge is 0.289 e. The SMILES string of the molecule is COc1ccc(C)cc1NC(=O)[C@@H](C)Sc1[nH+]c(N)c(C#N)cc1C#N. The third kappa shape index (κ3) is 4.24. The maximum Gasteiger partial charge on any atom is 0.289 e. The zero-order valence-electron chi connectivity index (χ0n) is 14.6. The van der Waals surface area contributed by atoms with Crippen LogP contribution in [-0.2, 0) is 4.79 Å². The molecule has 0 unspecified atom stereocenters. The van der Waals surface area contributed by atoms with Gasteiger partial charge >= 0.3 is 0 Å². The van der Waals surface area contributed by atoms with E-state index >= 15 is 0 Å². The van der Waals surface area contributed by atoms with E-state index in [4.69, 9.17) is 15.7 Å². The van der Waals surface area contributed by atoms with Gasteiger partial charge in [-0.15, -0.1) is 0 Å². The minimum atomic E-state index is -0.518. The first-order chi connectivity index (χ1) is 12.4. The number of H-pyrrole nitrogens is 1. The first-order valence-electron chi connectivity index (χ1n) is 7.67. The number of pyridine rings is 1. The summed E-state index contributed by atoms with van der Waals surface area (Å²) < 4.78 is 5.26. The molecule has 0 spiro atoms. The molecular formula is C18H18N5O2S+. The summed E-state index contributed by atoms with van der Waals surface area (Å²) in [5.74, 6) is 0.467. The normalized spacial score (nSPS) is 11.1. The maximum absolute atomic E-state index is 12.5. The summed E-state index contributed by atoms with van der Waals surface area (Å²) in [7, 11) is 1.53. The minimum Gasteiger partial charge on any atom is -0.495 e. The molecule has 1 aromatic carbocycles.